The first-order valence-corrected chi connectivity index (χ1v) is 9.27. The van der Waals surface area contributed by atoms with E-state index in [1.54, 1.807) is 38.4 Å². The molecule has 0 aliphatic carbocycles. The maximum atomic E-state index is 12.1. The van der Waals surface area contributed by atoms with Gasteiger partial charge in [-0.05, 0) is 43.3 Å². The molecule has 1 amide bonds. The summed E-state index contributed by atoms with van der Waals surface area (Å²) in [7, 11) is 3.28. The monoisotopic (exact) mass is 404 g/mol. The summed E-state index contributed by atoms with van der Waals surface area (Å²) >= 11 is 5.83. The topological polar surface area (TPSA) is 84.0 Å². The quantitative estimate of drug-likeness (QED) is 0.357. The molecule has 0 aliphatic heterocycles. The number of amides is 1. The van der Waals surface area contributed by atoms with E-state index in [0.717, 1.165) is 5.69 Å². The summed E-state index contributed by atoms with van der Waals surface area (Å²) in [5.74, 6) is 1.74. The van der Waals surface area contributed by atoms with E-state index in [1.165, 1.54) is 0 Å². The number of carbonyl (C=O) groups excluding carboxylic acids is 1. The maximum absolute atomic E-state index is 12.1. The van der Waals surface area contributed by atoms with Crippen molar-refractivity contribution in [2.45, 2.75) is 6.92 Å². The Labute approximate surface area is 170 Å². The Morgan fingerprint density at radius 3 is 2.43 bits per heavy atom. The molecule has 0 spiro atoms. The zero-order valence-corrected chi connectivity index (χ0v) is 17.0. The number of methoxy groups -OCH3 is 1. The Morgan fingerprint density at radius 2 is 1.79 bits per heavy atom. The molecule has 28 heavy (non-hydrogen) atoms. The van der Waals surface area contributed by atoms with Gasteiger partial charge in [0.05, 0.1) is 13.7 Å². The van der Waals surface area contributed by atoms with E-state index in [9.17, 15) is 4.79 Å². The number of aliphatic imine (C=N–C) groups is 1. The van der Waals surface area contributed by atoms with Gasteiger partial charge in [0.25, 0.3) is 5.91 Å². The number of nitrogens with zero attached hydrogens (tertiary/aromatic N) is 1. The number of carbonyl (C=O) groups is 1. The predicted octanol–water partition coefficient (Wildman–Crippen LogP) is 3.16. The number of ether oxygens (including phenoxy) is 2. The Morgan fingerprint density at radius 1 is 1.07 bits per heavy atom. The lowest BCUT2D eigenvalue weighted by molar-refractivity contribution is 0.0954. The van der Waals surface area contributed by atoms with Crippen LogP contribution in [-0.4, -0.2) is 45.7 Å². The van der Waals surface area contributed by atoms with E-state index in [0.29, 0.717) is 47.7 Å². The first-order valence-electron chi connectivity index (χ1n) is 8.89. The third-order valence-electron chi connectivity index (χ3n) is 3.76. The Hall–Kier alpha value is -2.93. The van der Waals surface area contributed by atoms with Gasteiger partial charge in [0.15, 0.2) is 17.5 Å². The predicted molar refractivity (Wildman–Crippen MR) is 113 cm³/mol. The van der Waals surface area contributed by atoms with Gasteiger partial charge in [0.2, 0.25) is 0 Å². The van der Waals surface area contributed by atoms with Crippen LogP contribution >= 0.6 is 11.6 Å². The lowest BCUT2D eigenvalue weighted by atomic mass is 10.2. The summed E-state index contributed by atoms with van der Waals surface area (Å²) in [4.78, 5) is 16.2. The van der Waals surface area contributed by atoms with E-state index >= 15 is 0 Å². The largest absolute Gasteiger partial charge is 0.493 e. The molecule has 7 nitrogen and oxygen atoms in total. The molecule has 0 bridgehead atoms. The summed E-state index contributed by atoms with van der Waals surface area (Å²) in [6.07, 6.45) is 0. The molecule has 0 saturated heterocycles. The molecule has 2 aromatic rings. The maximum Gasteiger partial charge on any atom is 0.251 e. The Kier molecular flexibility index (Phi) is 8.42. The van der Waals surface area contributed by atoms with E-state index in [4.69, 9.17) is 21.1 Å². The van der Waals surface area contributed by atoms with E-state index in [-0.39, 0.29) is 5.91 Å². The first kappa shape index (κ1) is 21.4. The highest BCUT2D eigenvalue weighted by molar-refractivity contribution is 6.30. The van der Waals surface area contributed by atoms with Crippen molar-refractivity contribution >= 4 is 29.2 Å². The zero-order valence-electron chi connectivity index (χ0n) is 16.2. The molecule has 0 fully saturated rings. The van der Waals surface area contributed by atoms with Crippen molar-refractivity contribution in [1.82, 2.24) is 10.6 Å². The smallest absolute Gasteiger partial charge is 0.251 e. The molecular formula is C20H25ClN4O3. The lowest BCUT2D eigenvalue weighted by Gasteiger charge is -2.15. The number of rotatable bonds is 8. The first-order chi connectivity index (χ1) is 13.6. The highest BCUT2D eigenvalue weighted by atomic mass is 35.5. The van der Waals surface area contributed by atoms with E-state index in [2.05, 4.69) is 20.9 Å². The molecule has 3 N–H and O–H groups in total. The standard InChI is InChI=1S/C20H25ClN4O3/c1-4-28-18-13-16(9-10-17(18)27-3)25-20(22-2)24-12-11-23-19(26)14-5-7-15(21)8-6-14/h5-10,13H,4,11-12H2,1-3H3,(H,23,26)(H2,22,24,25). The minimum absolute atomic E-state index is 0.155. The van der Waals surface area contributed by atoms with Gasteiger partial charge in [-0.1, -0.05) is 11.6 Å². The molecule has 0 radical (unpaired) electrons. The number of nitrogens with one attached hydrogen (secondary N) is 3. The van der Waals surface area contributed by atoms with Crippen molar-refractivity contribution in [2.75, 3.05) is 39.2 Å². The van der Waals surface area contributed by atoms with Crippen LogP contribution in [0.5, 0.6) is 11.5 Å². The summed E-state index contributed by atoms with van der Waals surface area (Å²) in [6, 6.07) is 12.3. The number of anilines is 1. The Balaban J connectivity index is 1.83. The molecule has 0 aliphatic rings. The molecule has 2 rings (SSSR count). The fraction of sp³-hybridized carbons (Fsp3) is 0.300. The minimum atomic E-state index is -0.155. The summed E-state index contributed by atoms with van der Waals surface area (Å²) in [5, 5.41) is 9.76. The van der Waals surface area contributed by atoms with Crippen molar-refractivity contribution in [3.8, 4) is 11.5 Å². The average Bonchev–Trinajstić information content (AvgIpc) is 2.71. The molecule has 0 unspecified atom stereocenters. The molecule has 150 valence electrons. The third kappa shape index (κ3) is 6.35. The number of hydrogen-bond donors (Lipinski definition) is 3. The zero-order chi connectivity index (χ0) is 20.4. The number of guanidine groups is 1. The molecule has 0 saturated carbocycles. The molecule has 0 aromatic heterocycles. The van der Waals surface area contributed by atoms with Gasteiger partial charge in [0.1, 0.15) is 0 Å². The molecule has 0 atom stereocenters. The van der Waals surface area contributed by atoms with Crippen LogP contribution < -0.4 is 25.4 Å². The van der Waals surface area contributed by atoms with Gasteiger partial charge in [-0.3, -0.25) is 9.79 Å². The second-order valence-corrected chi connectivity index (χ2v) is 6.12. The van der Waals surface area contributed by atoms with Crippen LogP contribution in [0.15, 0.2) is 47.5 Å². The van der Waals surface area contributed by atoms with Crippen LogP contribution in [0.25, 0.3) is 0 Å². The van der Waals surface area contributed by atoms with Gasteiger partial charge in [0, 0.05) is 42.5 Å². The molecule has 8 heteroatoms. The number of hydrogen-bond acceptors (Lipinski definition) is 4. The normalized spacial score (nSPS) is 10.9. The van der Waals surface area contributed by atoms with E-state index < -0.39 is 0 Å². The van der Waals surface area contributed by atoms with Crippen LogP contribution in [-0.2, 0) is 0 Å². The Bertz CT molecular complexity index is 810. The average molecular weight is 405 g/mol. The highest BCUT2D eigenvalue weighted by Crippen LogP contribution is 2.30. The lowest BCUT2D eigenvalue weighted by Crippen LogP contribution is -2.37. The van der Waals surface area contributed by atoms with Crippen LogP contribution in [0.1, 0.15) is 17.3 Å². The van der Waals surface area contributed by atoms with Gasteiger partial charge in [-0.15, -0.1) is 0 Å². The SMILES string of the molecule is CCOc1cc(NC(=NC)NCCNC(=O)c2ccc(Cl)cc2)ccc1OC. The van der Waals surface area contributed by atoms with Crippen LogP contribution in [0, 0.1) is 0 Å². The number of benzene rings is 2. The second kappa shape index (κ2) is 11.0. The summed E-state index contributed by atoms with van der Waals surface area (Å²) < 4.78 is 10.9. The summed E-state index contributed by atoms with van der Waals surface area (Å²) in [6.45, 7) is 3.40. The van der Waals surface area contributed by atoms with Gasteiger partial charge >= 0.3 is 0 Å². The van der Waals surface area contributed by atoms with E-state index in [1.807, 2.05) is 25.1 Å². The highest BCUT2D eigenvalue weighted by Gasteiger charge is 2.08. The van der Waals surface area contributed by atoms with Crippen molar-refractivity contribution in [3.63, 3.8) is 0 Å². The molecule has 2 aromatic carbocycles. The minimum Gasteiger partial charge on any atom is -0.493 e. The van der Waals surface area contributed by atoms with Gasteiger partial charge in [-0.25, -0.2) is 0 Å². The van der Waals surface area contributed by atoms with Gasteiger partial charge < -0.3 is 25.4 Å². The van der Waals surface area contributed by atoms with Crippen molar-refractivity contribution in [1.29, 1.82) is 0 Å². The summed E-state index contributed by atoms with van der Waals surface area (Å²) in [5.41, 5.74) is 1.37. The molecular weight excluding hydrogens is 380 g/mol. The van der Waals surface area contributed by atoms with Crippen LogP contribution in [0.2, 0.25) is 5.02 Å². The van der Waals surface area contributed by atoms with Crippen molar-refractivity contribution in [2.24, 2.45) is 4.99 Å². The van der Waals surface area contributed by atoms with Crippen molar-refractivity contribution < 1.29 is 14.3 Å². The third-order valence-corrected chi connectivity index (χ3v) is 4.01. The number of halogens is 1. The molecule has 0 heterocycles. The van der Waals surface area contributed by atoms with Crippen LogP contribution in [0.3, 0.4) is 0 Å². The van der Waals surface area contributed by atoms with Gasteiger partial charge in [-0.2, -0.15) is 0 Å². The van der Waals surface area contributed by atoms with Crippen LogP contribution in [0.4, 0.5) is 5.69 Å². The fourth-order valence-electron chi connectivity index (χ4n) is 2.40. The fourth-order valence-corrected chi connectivity index (χ4v) is 2.52. The second-order valence-electron chi connectivity index (χ2n) is 5.69. The van der Waals surface area contributed by atoms with Crippen molar-refractivity contribution in [3.05, 3.63) is 53.1 Å².